The van der Waals surface area contributed by atoms with Crippen molar-refractivity contribution in [3.05, 3.63) is 30.6 Å². The van der Waals surface area contributed by atoms with Gasteiger partial charge in [-0.15, -0.1) is 11.8 Å². The molecule has 1 heterocycles. The average molecular weight is 250 g/mol. The second kappa shape index (κ2) is 6.11. The quantitative estimate of drug-likeness (QED) is 0.381. The fraction of sp³-hybridized carbons (Fsp3) is 0.333. The van der Waals surface area contributed by atoms with E-state index < -0.39 is 0 Å². The van der Waals surface area contributed by atoms with Crippen molar-refractivity contribution in [3.63, 3.8) is 0 Å². The first-order valence-electron chi connectivity index (χ1n) is 5.35. The van der Waals surface area contributed by atoms with Gasteiger partial charge < -0.3 is 0 Å². The Balaban J connectivity index is 2.11. The summed E-state index contributed by atoms with van der Waals surface area (Å²) < 4.78 is 0. The highest BCUT2D eigenvalue weighted by atomic mass is 32.2. The lowest BCUT2D eigenvalue weighted by molar-refractivity contribution is 0.908. The molecule has 0 fully saturated rings. The normalized spacial score (nSPS) is 10.8. The minimum absolute atomic E-state index is 0.963. The van der Waals surface area contributed by atoms with Crippen molar-refractivity contribution in [2.24, 2.45) is 0 Å². The molecule has 0 amide bonds. The lowest BCUT2D eigenvalue weighted by Crippen LogP contribution is -1.88. The van der Waals surface area contributed by atoms with Crippen LogP contribution in [0.4, 0.5) is 0 Å². The molecule has 0 bridgehead atoms. The number of hydrogen-bond donors (Lipinski definition) is 1. The third-order valence-electron chi connectivity index (χ3n) is 2.30. The van der Waals surface area contributed by atoms with Crippen molar-refractivity contribution >= 4 is 35.3 Å². The van der Waals surface area contributed by atoms with Crippen molar-refractivity contribution in [2.75, 3.05) is 11.5 Å². The molecule has 1 aromatic carbocycles. The van der Waals surface area contributed by atoms with Gasteiger partial charge in [0.25, 0.3) is 0 Å². The van der Waals surface area contributed by atoms with Gasteiger partial charge in [0.2, 0.25) is 0 Å². The van der Waals surface area contributed by atoms with Gasteiger partial charge in [0.05, 0.1) is 5.52 Å². The molecule has 0 aliphatic carbocycles. The minimum Gasteiger partial charge on any atom is -0.236 e. The Morgan fingerprint density at radius 2 is 2.00 bits per heavy atom. The largest absolute Gasteiger partial charge is 0.236 e. The van der Waals surface area contributed by atoms with Gasteiger partial charge in [-0.1, -0.05) is 18.2 Å². The summed E-state index contributed by atoms with van der Waals surface area (Å²) in [7, 11) is 0. The second-order valence-corrected chi connectivity index (χ2v) is 5.01. The number of unbranched alkanes of at least 4 members (excludes halogenated alkanes) is 1. The van der Waals surface area contributed by atoms with Gasteiger partial charge in [-0.05, 0) is 30.4 Å². The number of para-hydroxylation sites is 1. The van der Waals surface area contributed by atoms with E-state index in [9.17, 15) is 0 Å². The van der Waals surface area contributed by atoms with Crippen LogP contribution in [0.25, 0.3) is 10.9 Å². The molecule has 84 valence electrons. The first-order chi connectivity index (χ1) is 7.92. The lowest BCUT2D eigenvalue weighted by atomic mass is 10.2. The van der Waals surface area contributed by atoms with Gasteiger partial charge in [0, 0.05) is 5.39 Å². The zero-order valence-electron chi connectivity index (χ0n) is 8.97. The molecular formula is C12H14N2S2. The summed E-state index contributed by atoms with van der Waals surface area (Å²) in [6, 6.07) is 8.14. The highest BCUT2D eigenvalue weighted by Gasteiger charge is 2.02. The molecule has 4 heteroatoms. The van der Waals surface area contributed by atoms with Crippen molar-refractivity contribution in [1.29, 1.82) is 0 Å². The zero-order valence-corrected chi connectivity index (χ0v) is 10.7. The monoisotopic (exact) mass is 250 g/mol. The molecule has 1 aromatic heterocycles. The molecule has 0 N–H and O–H groups in total. The summed E-state index contributed by atoms with van der Waals surface area (Å²) in [6.07, 6.45) is 3.99. The third kappa shape index (κ3) is 2.89. The van der Waals surface area contributed by atoms with Crippen LogP contribution in [0.15, 0.2) is 35.6 Å². The number of thioether (sulfide) groups is 1. The fourth-order valence-corrected chi connectivity index (χ4v) is 2.69. The number of rotatable bonds is 5. The third-order valence-corrected chi connectivity index (χ3v) is 3.71. The molecule has 0 saturated carbocycles. The molecule has 2 nitrogen and oxygen atoms in total. The van der Waals surface area contributed by atoms with Crippen molar-refractivity contribution < 1.29 is 0 Å². The predicted molar refractivity (Wildman–Crippen MR) is 73.3 cm³/mol. The van der Waals surface area contributed by atoms with Crippen LogP contribution >= 0.6 is 24.4 Å². The maximum absolute atomic E-state index is 4.34. The number of thiol groups is 1. The summed E-state index contributed by atoms with van der Waals surface area (Å²) in [5.41, 5.74) is 1.02. The van der Waals surface area contributed by atoms with Gasteiger partial charge in [0.15, 0.2) is 0 Å². The van der Waals surface area contributed by atoms with E-state index in [1.54, 1.807) is 18.1 Å². The molecule has 0 atom stereocenters. The lowest BCUT2D eigenvalue weighted by Gasteiger charge is -2.03. The van der Waals surface area contributed by atoms with Crippen LogP contribution < -0.4 is 0 Å². The number of nitrogens with zero attached hydrogens (tertiary/aromatic N) is 2. The van der Waals surface area contributed by atoms with Crippen LogP contribution in [-0.4, -0.2) is 21.5 Å². The molecule has 0 radical (unpaired) electrons. The van der Waals surface area contributed by atoms with Crippen molar-refractivity contribution in [3.8, 4) is 0 Å². The maximum Gasteiger partial charge on any atom is 0.117 e. The average Bonchev–Trinajstić information content (AvgIpc) is 2.35. The Labute approximate surface area is 105 Å². The van der Waals surface area contributed by atoms with E-state index in [4.69, 9.17) is 0 Å². The molecule has 16 heavy (non-hydrogen) atoms. The van der Waals surface area contributed by atoms with E-state index >= 15 is 0 Å². The summed E-state index contributed by atoms with van der Waals surface area (Å²) >= 11 is 6.01. The highest BCUT2D eigenvalue weighted by Crippen LogP contribution is 2.24. The van der Waals surface area contributed by atoms with E-state index in [2.05, 4.69) is 28.7 Å². The molecule has 0 aliphatic rings. The van der Waals surface area contributed by atoms with Crippen LogP contribution in [0, 0.1) is 0 Å². The highest BCUT2D eigenvalue weighted by molar-refractivity contribution is 7.99. The molecule has 0 spiro atoms. The standard InChI is InChI=1S/C12H14N2S2/c15-7-3-4-8-16-12-10-5-1-2-6-11(10)13-9-14-12/h1-2,5-6,9,15H,3-4,7-8H2. The van der Waals surface area contributed by atoms with Crippen LogP contribution in [-0.2, 0) is 0 Å². The van der Waals surface area contributed by atoms with Crippen LogP contribution in [0.1, 0.15) is 12.8 Å². The SMILES string of the molecule is SCCCCSc1ncnc2ccccc12. The molecule has 0 aliphatic heterocycles. The molecule has 0 unspecified atom stereocenters. The van der Waals surface area contributed by atoms with Gasteiger partial charge >= 0.3 is 0 Å². The number of benzene rings is 1. The first kappa shape index (κ1) is 11.7. The van der Waals surface area contributed by atoms with Crippen LogP contribution in [0.5, 0.6) is 0 Å². The van der Waals surface area contributed by atoms with Gasteiger partial charge in [0.1, 0.15) is 11.4 Å². The Morgan fingerprint density at radius 3 is 2.88 bits per heavy atom. The van der Waals surface area contributed by atoms with E-state index in [1.807, 2.05) is 18.2 Å². The molecule has 2 rings (SSSR count). The van der Waals surface area contributed by atoms with Gasteiger partial charge in [-0.2, -0.15) is 12.6 Å². The van der Waals surface area contributed by atoms with Gasteiger partial charge in [-0.3, -0.25) is 0 Å². The molecular weight excluding hydrogens is 236 g/mol. The number of hydrogen-bond acceptors (Lipinski definition) is 4. The summed E-state index contributed by atoms with van der Waals surface area (Å²) in [5, 5.41) is 2.24. The van der Waals surface area contributed by atoms with Crippen LogP contribution in [0.3, 0.4) is 0 Å². The van der Waals surface area contributed by atoms with E-state index in [0.717, 1.165) is 27.4 Å². The summed E-state index contributed by atoms with van der Waals surface area (Å²) in [5.74, 6) is 2.06. The van der Waals surface area contributed by atoms with Crippen LogP contribution in [0.2, 0.25) is 0 Å². The summed E-state index contributed by atoms with van der Waals surface area (Å²) in [6.45, 7) is 0. The van der Waals surface area contributed by atoms with Gasteiger partial charge in [-0.25, -0.2) is 9.97 Å². The minimum atomic E-state index is 0.963. The Hall–Kier alpha value is -0.740. The maximum atomic E-state index is 4.34. The topological polar surface area (TPSA) is 25.8 Å². The van der Waals surface area contributed by atoms with E-state index in [0.29, 0.717) is 0 Å². The summed E-state index contributed by atoms with van der Waals surface area (Å²) in [4.78, 5) is 8.59. The zero-order chi connectivity index (χ0) is 11.2. The fourth-order valence-electron chi connectivity index (χ4n) is 1.48. The van der Waals surface area contributed by atoms with Crippen molar-refractivity contribution in [1.82, 2.24) is 9.97 Å². The number of aromatic nitrogens is 2. The molecule has 2 aromatic rings. The first-order valence-corrected chi connectivity index (χ1v) is 6.97. The smallest absolute Gasteiger partial charge is 0.117 e. The number of fused-ring (bicyclic) bond motifs is 1. The molecule has 0 saturated heterocycles. The Bertz CT molecular complexity index is 454. The van der Waals surface area contributed by atoms with E-state index in [-0.39, 0.29) is 0 Å². The Morgan fingerprint density at radius 1 is 1.12 bits per heavy atom. The predicted octanol–water partition coefficient (Wildman–Crippen LogP) is 3.43. The van der Waals surface area contributed by atoms with Crippen molar-refractivity contribution in [2.45, 2.75) is 17.9 Å². The van der Waals surface area contributed by atoms with E-state index in [1.165, 1.54) is 12.8 Å². The Kier molecular flexibility index (Phi) is 4.48. The second-order valence-electron chi connectivity index (χ2n) is 3.48.